The van der Waals surface area contributed by atoms with Gasteiger partial charge in [-0.2, -0.15) is 26.3 Å². The summed E-state index contributed by atoms with van der Waals surface area (Å²) in [5.74, 6) is -0.827. The average Bonchev–Trinajstić information content (AvgIpc) is 3.27. The molecule has 0 aliphatic heterocycles. The van der Waals surface area contributed by atoms with E-state index in [4.69, 9.17) is 0 Å². The van der Waals surface area contributed by atoms with Crippen LogP contribution in [0.5, 0.6) is 0 Å². The molecule has 198 valence electrons. The maximum atomic E-state index is 13.6. The molecule has 1 aliphatic rings. The zero-order valence-corrected chi connectivity index (χ0v) is 20.4. The van der Waals surface area contributed by atoms with Gasteiger partial charge in [0.25, 0.3) is 5.91 Å². The molecule has 3 aromatic rings. The van der Waals surface area contributed by atoms with Crippen molar-refractivity contribution in [2.45, 2.75) is 70.5 Å². The van der Waals surface area contributed by atoms with Gasteiger partial charge in [-0.1, -0.05) is 49.1 Å². The Morgan fingerprint density at radius 3 is 2.14 bits per heavy atom. The molecule has 0 saturated heterocycles. The molecule has 1 saturated carbocycles. The summed E-state index contributed by atoms with van der Waals surface area (Å²) < 4.78 is 82.7. The molecular weight excluding hydrogens is 494 g/mol. The Kier molecular flexibility index (Phi) is 7.71. The Hall–Kier alpha value is -3.23. The first-order valence-corrected chi connectivity index (χ1v) is 12.2. The minimum absolute atomic E-state index is 0.0503. The van der Waals surface area contributed by atoms with Gasteiger partial charge >= 0.3 is 12.4 Å². The summed E-state index contributed by atoms with van der Waals surface area (Å²) in [6.45, 7) is 2.59. The third kappa shape index (κ3) is 6.56. The smallest absolute Gasteiger partial charge is 0.345 e. The lowest BCUT2D eigenvalue weighted by atomic mass is 9.93. The van der Waals surface area contributed by atoms with Crippen molar-refractivity contribution in [3.05, 3.63) is 94.3 Å². The van der Waals surface area contributed by atoms with Crippen LogP contribution in [-0.4, -0.2) is 21.4 Å². The van der Waals surface area contributed by atoms with E-state index in [2.05, 4.69) is 0 Å². The third-order valence-electron chi connectivity index (χ3n) is 6.80. The van der Waals surface area contributed by atoms with Gasteiger partial charge in [0.2, 0.25) is 0 Å². The van der Waals surface area contributed by atoms with E-state index in [1.54, 1.807) is 0 Å². The summed E-state index contributed by atoms with van der Waals surface area (Å²) in [5.41, 5.74) is -0.696. The summed E-state index contributed by atoms with van der Waals surface area (Å²) in [4.78, 5) is 15.1. The molecule has 0 bridgehead atoms. The molecule has 2 aromatic carbocycles. The van der Waals surface area contributed by atoms with Crippen molar-refractivity contribution in [2.24, 2.45) is 0 Å². The Labute approximate surface area is 211 Å². The predicted octanol–water partition coefficient (Wildman–Crippen LogP) is 7.86. The highest BCUT2D eigenvalue weighted by molar-refractivity contribution is 5.95. The second-order valence-corrected chi connectivity index (χ2v) is 9.64. The fourth-order valence-electron chi connectivity index (χ4n) is 4.93. The van der Waals surface area contributed by atoms with Crippen LogP contribution in [0.15, 0.2) is 60.8 Å². The zero-order valence-electron chi connectivity index (χ0n) is 20.4. The van der Waals surface area contributed by atoms with Crippen molar-refractivity contribution in [2.75, 3.05) is 0 Å². The number of aromatic nitrogens is 1. The number of carbonyl (C=O) groups excluding carboxylic acids is 1. The number of nitrogens with zero attached hydrogens (tertiary/aromatic N) is 2. The SMILES string of the molecule is Cc1cccc(Cn2cccc2CN(C(=O)c2cc(C(F)(F)F)cc(C(F)(F)F)c2)C2CCCCC2)c1. The van der Waals surface area contributed by atoms with Gasteiger partial charge in [-0.25, -0.2) is 0 Å². The first kappa shape index (κ1) is 26.8. The van der Waals surface area contributed by atoms with Gasteiger partial charge in [0, 0.05) is 30.0 Å². The number of carbonyl (C=O) groups is 1. The van der Waals surface area contributed by atoms with E-state index in [9.17, 15) is 31.1 Å². The topological polar surface area (TPSA) is 25.2 Å². The fourth-order valence-corrected chi connectivity index (χ4v) is 4.93. The van der Waals surface area contributed by atoms with E-state index in [0.29, 0.717) is 31.5 Å². The molecule has 1 amide bonds. The standard InChI is InChI=1S/C28H28F6N2O/c1-19-7-5-8-20(13-19)17-35-12-6-11-25(35)18-36(24-9-3-2-4-10-24)26(37)21-14-22(27(29,30)31)16-23(15-21)28(32,33)34/h5-8,11-16,24H,2-4,9-10,17-18H2,1H3. The number of hydrogen-bond acceptors (Lipinski definition) is 1. The number of benzene rings is 2. The van der Waals surface area contributed by atoms with Gasteiger partial charge < -0.3 is 9.47 Å². The van der Waals surface area contributed by atoms with Crippen molar-refractivity contribution in [1.29, 1.82) is 0 Å². The van der Waals surface area contributed by atoms with Gasteiger partial charge in [0.15, 0.2) is 0 Å². The highest BCUT2D eigenvalue weighted by Crippen LogP contribution is 2.37. The summed E-state index contributed by atoms with van der Waals surface area (Å²) in [5, 5.41) is 0. The lowest BCUT2D eigenvalue weighted by Crippen LogP contribution is -2.41. The monoisotopic (exact) mass is 522 g/mol. The van der Waals surface area contributed by atoms with Crippen molar-refractivity contribution in [1.82, 2.24) is 9.47 Å². The molecule has 4 rings (SSSR count). The lowest BCUT2D eigenvalue weighted by molar-refractivity contribution is -0.143. The summed E-state index contributed by atoms with van der Waals surface area (Å²) in [7, 11) is 0. The van der Waals surface area contributed by atoms with Crippen LogP contribution in [-0.2, 0) is 25.4 Å². The lowest BCUT2D eigenvalue weighted by Gasteiger charge is -2.35. The Morgan fingerprint density at radius 2 is 1.54 bits per heavy atom. The molecule has 1 fully saturated rings. The molecule has 0 unspecified atom stereocenters. The second kappa shape index (κ2) is 10.6. The maximum Gasteiger partial charge on any atom is 0.416 e. The van der Waals surface area contributed by atoms with Crippen molar-refractivity contribution < 1.29 is 31.1 Å². The Morgan fingerprint density at radius 1 is 0.892 bits per heavy atom. The predicted molar refractivity (Wildman–Crippen MR) is 128 cm³/mol. The third-order valence-corrected chi connectivity index (χ3v) is 6.80. The molecule has 0 radical (unpaired) electrons. The van der Waals surface area contributed by atoms with Crippen LogP contribution in [0.3, 0.4) is 0 Å². The molecule has 9 heteroatoms. The minimum Gasteiger partial charge on any atom is -0.345 e. The van der Waals surface area contributed by atoms with Gasteiger partial charge in [-0.15, -0.1) is 0 Å². The van der Waals surface area contributed by atoms with E-state index >= 15 is 0 Å². The molecule has 1 heterocycles. The molecular formula is C28H28F6N2O. The summed E-state index contributed by atoms with van der Waals surface area (Å²) in [6.07, 6.45) is -4.23. The van der Waals surface area contributed by atoms with Crippen LogP contribution in [0.4, 0.5) is 26.3 Å². The van der Waals surface area contributed by atoms with E-state index in [1.807, 2.05) is 54.1 Å². The first-order valence-electron chi connectivity index (χ1n) is 12.2. The molecule has 0 N–H and O–H groups in total. The van der Waals surface area contributed by atoms with Crippen LogP contribution in [0, 0.1) is 6.92 Å². The van der Waals surface area contributed by atoms with Gasteiger partial charge in [0.1, 0.15) is 0 Å². The normalized spacial score (nSPS) is 15.1. The van der Waals surface area contributed by atoms with Crippen LogP contribution in [0.1, 0.15) is 70.4 Å². The van der Waals surface area contributed by atoms with Crippen molar-refractivity contribution >= 4 is 5.91 Å². The number of rotatable bonds is 6. The molecule has 0 atom stereocenters. The van der Waals surface area contributed by atoms with Gasteiger partial charge in [0.05, 0.1) is 17.7 Å². The number of alkyl halides is 6. The first-order chi connectivity index (χ1) is 17.4. The quantitative estimate of drug-likeness (QED) is 0.303. The van der Waals surface area contributed by atoms with E-state index < -0.39 is 35.0 Å². The fraction of sp³-hybridized carbons (Fsp3) is 0.393. The molecule has 1 aliphatic carbocycles. The van der Waals surface area contributed by atoms with Crippen molar-refractivity contribution in [3.8, 4) is 0 Å². The minimum atomic E-state index is -5.02. The second-order valence-electron chi connectivity index (χ2n) is 9.64. The maximum absolute atomic E-state index is 13.6. The largest absolute Gasteiger partial charge is 0.416 e. The summed E-state index contributed by atoms with van der Waals surface area (Å²) >= 11 is 0. The number of hydrogen-bond donors (Lipinski definition) is 0. The van der Waals surface area contributed by atoms with Crippen LogP contribution in [0.25, 0.3) is 0 Å². The highest BCUT2D eigenvalue weighted by Gasteiger charge is 2.38. The van der Waals surface area contributed by atoms with E-state index in [-0.39, 0.29) is 18.7 Å². The number of amides is 1. The zero-order chi connectivity index (χ0) is 26.8. The van der Waals surface area contributed by atoms with Crippen LogP contribution < -0.4 is 0 Å². The van der Waals surface area contributed by atoms with Crippen molar-refractivity contribution in [3.63, 3.8) is 0 Å². The molecule has 0 spiro atoms. The van der Waals surface area contributed by atoms with Gasteiger partial charge in [-0.05, 0) is 55.7 Å². The Bertz CT molecular complexity index is 1210. The highest BCUT2D eigenvalue weighted by atomic mass is 19.4. The van der Waals surface area contributed by atoms with E-state index in [1.165, 1.54) is 4.90 Å². The molecule has 3 nitrogen and oxygen atoms in total. The Balaban J connectivity index is 1.70. The summed E-state index contributed by atoms with van der Waals surface area (Å²) in [6, 6.07) is 12.4. The number of aryl methyl sites for hydroxylation is 1. The molecule has 1 aromatic heterocycles. The number of halogens is 6. The van der Waals surface area contributed by atoms with Gasteiger partial charge in [-0.3, -0.25) is 4.79 Å². The van der Waals surface area contributed by atoms with E-state index in [0.717, 1.165) is 36.1 Å². The van der Waals surface area contributed by atoms with Crippen LogP contribution >= 0.6 is 0 Å². The molecule has 37 heavy (non-hydrogen) atoms. The van der Waals surface area contributed by atoms with Crippen LogP contribution in [0.2, 0.25) is 0 Å². The average molecular weight is 523 g/mol.